The van der Waals surface area contributed by atoms with Gasteiger partial charge in [0, 0.05) is 5.69 Å². The Morgan fingerprint density at radius 2 is 1.76 bits per heavy atom. The Labute approximate surface area is 131 Å². The van der Waals surface area contributed by atoms with Gasteiger partial charge in [0.25, 0.3) is 0 Å². The van der Waals surface area contributed by atoms with E-state index in [4.69, 9.17) is 23.2 Å². The lowest BCUT2D eigenvalue weighted by molar-refractivity contribution is 0.252. The van der Waals surface area contributed by atoms with Gasteiger partial charge in [-0.1, -0.05) is 41.4 Å². The van der Waals surface area contributed by atoms with E-state index in [9.17, 15) is 9.90 Å². The number of halogens is 2. The highest BCUT2D eigenvalue weighted by Gasteiger charge is 2.05. The number of phenols is 1. The van der Waals surface area contributed by atoms with Crippen LogP contribution in [0.4, 0.5) is 10.5 Å². The van der Waals surface area contributed by atoms with Gasteiger partial charge in [-0.3, -0.25) is 0 Å². The number of para-hydroxylation sites is 1. The first-order valence-corrected chi connectivity index (χ1v) is 6.65. The van der Waals surface area contributed by atoms with Gasteiger partial charge >= 0.3 is 6.03 Å². The smallest absolute Gasteiger partial charge is 0.339 e. The average molecular weight is 324 g/mol. The van der Waals surface area contributed by atoms with Crippen LogP contribution < -0.4 is 10.7 Å². The highest BCUT2D eigenvalue weighted by molar-refractivity contribution is 6.37. The molecule has 0 bridgehead atoms. The highest BCUT2D eigenvalue weighted by atomic mass is 35.5. The van der Waals surface area contributed by atoms with Crippen LogP contribution in [0.2, 0.25) is 10.0 Å². The van der Waals surface area contributed by atoms with E-state index >= 15 is 0 Å². The number of benzene rings is 2. The van der Waals surface area contributed by atoms with Crippen molar-refractivity contribution in [3.8, 4) is 5.75 Å². The summed E-state index contributed by atoms with van der Waals surface area (Å²) in [5.74, 6) is -0.190. The van der Waals surface area contributed by atoms with Crippen molar-refractivity contribution in [3.63, 3.8) is 0 Å². The molecule has 0 aromatic heterocycles. The standard InChI is InChI=1S/C14H11Cl2N3O2/c15-11-6-9(7-12(16)13(11)20)8-17-19-14(21)18-10-4-2-1-3-5-10/h1-8,20H,(H2,18,19,21). The molecular formula is C14H11Cl2N3O2. The molecule has 5 nitrogen and oxygen atoms in total. The summed E-state index contributed by atoms with van der Waals surface area (Å²) in [6.45, 7) is 0. The van der Waals surface area contributed by atoms with E-state index in [1.54, 1.807) is 24.3 Å². The predicted octanol–water partition coefficient (Wildman–Crippen LogP) is 3.85. The Balaban J connectivity index is 1.95. The van der Waals surface area contributed by atoms with Gasteiger partial charge < -0.3 is 10.4 Å². The lowest BCUT2D eigenvalue weighted by atomic mass is 10.2. The van der Waals surface area contributed by atoms with Crippen molar-refractivity contribution >= 4 is 41.1 Å². The van der Waals surface area contributed by atoms with Gasteiger partial charge in [0.05, 0.1) is 16.3 Å². The van der Waals surface area contributed by atoms with E-state index in [0.29, 0.717) is 11.3 Å². The first-order valence-electron chi connectivity index (χ1n) is 5.89. The van der Waals surface area contributed by atoms with Crippen LogP contribution in [0, 0.1) is 0 Å². The summed E-state index contributed by atoms with van der Waals surface area (Å²) in [7, 11) is 0. The van der Waals surface area contributed by atoms with Gasteiger partial charge in [0.2, 0.25) is 0 Å². The van der Waals surface area contributed by atoms with E-state index in [-0.39, 0.29) is 15.8 Å². The topological polar surface area (TPSA) is 73.7 Å². The third-order valence-electron chi connectivity index (χ3n) is 2.45. The number of carbonyl (C=O) groups excluding carboxylic acids is 1. The minimum absolute atomic E-state index is 0.109. The fourth-order valence-corrected chi connectivity index (χ4v) is 2.01. The van der Waals surface area contributed by atoms with Gasteiger partial charge in [-0.05, 0) is 29.8 Å². The molecule has 2 rings (SSSR count). The average Bonchev–Trinajstić information content (AvgIpc) is 2.45. The molecule has 2 aromatic carbocycles. The molecule has 2 aromatic rings. The van der Waals surface area contributed by atoms with Crippen LogP contribution in [0.15, 0.2) is 47.6 Å². The first-order chi connectivity index (χ1) is 10.1. The van der Waals surface area contributed by atoms with Crippen molar-refractivity contribution in [2.45, 2.75) is 0 Å². The Morgan fingerprint density at radius 1 is 1.14 bits per heavy atom. The number of urea groups is 1. The summed E-state index contributed by atoms with van der Waals surface area (Å²) in [5, 5.41) is 16.0. The van der Waals surface area contributed by atoms with E-state index in [2.05, 4.69) is 15.8 Å². The zero-order valence-electron chi connectivity index (χ0n) is 10.7. The molecule has 2 amide bonds. The SMILES string of the molecule is O=C(NN=Cc1cc(Cl)c(O)c(Cl)c1)Nc1ccccc1. The van der Waals surface area contributed by atoms with Crippen LogP contribution in [-0.2, 0) is 0 Å². The number of hydrogen-bond acceptors (Lipinski definition) is 3. The Morgan fingerprint density at radius 3 is 2.38 bits per heavy atom. The molecule has 108 valence electrons. The zero-order chi connectivity index (χ0) is 15.2. The maximum Gasteiger partial charge on any atom is 0.339 e. The number of nitrogens with zero attached hydrogens (tertiary/aromatic N) is 1. The summed E-state index contributed by atoms with van der Waals surface area (Å²) in [4.78, 5) is 11.6. The monoisotopic (exact) mass is 323 g/mol. The minimum Gasteiger partial charge on any atom is -0.505 e. The Bertz CT molecular complexity index is 652. The van der Waals surface area contributed by atoms with Crippen LogP contribution in [0.1, 0.15) is 5.56 Å². The molecule has 3 N–H and O–H groups in total. The minimum atomic E-state index is -0.478. The predicted molar refractivity (Wildman–Crippen MR) is 84.3 cm³/mol. The fourth-order valence-electron chi connectivity index (χ4n) is 1.51. The van der Waals surface area contributed by atoms with Gasteiger partial charge in [-0.25, -0.2) is 10.2 Å². The molecule has 0 fully saturated rings. The van der Waals surface area contributed by atoms with Gasteiger partial charge in [-0.2, -0.15) is 5.10 Å². The Hall–Kier alpha value is -2.24. The zero-order valence-corrected chi connectivity index (χ0v) is 12.2. The molecule has 21 heavy (non-hydrogen) atoms. The molecule has 0 aliphatic carbocycles. The van der Waals surface area contributed by atoms with E-state index in [1.807, 2.05) is 6.07 Å². The number of aromatic hydroxyl groups is 1. The quantitative estimate of drug-likeness (QED) is 0.592. The number of hydrazone groups is 1. The van der Waals surface area contributed by atoms with Crippen molar-refractivity contribution in [3.05, 3.63) is 58.1 Å². The first kappa shape index (κ1) is 15.2. The molecular weight excluding hydrogens is 313 g/mol. The van der Waals surface area contributed by atoms with Gasteiger partial charge in [0.1, 0.15) is 0 Å². The number of amides is 2. The van der Waals surface area contributed by atoms with Crippen molar-refractivity contribution < 1.29 is 9.90 Å². The third-order valence-corrected chi connectivity index (χ3v) is 3.03. The van der Waals surface area contributed by atoms with Crippen LogP contribution in [0.5, 0.6) is 5.75 Å². The summed E-state index contributed by atoms with van der Waals surface area (Å²) < 4.78 is 0. The van der Waals surface area contributed by atoms with Crippen LogP contribution >= 0.6 is 23.2 Å². The molecule has 0 spiro atoms. The molecule has 0 aliphatic rings. The van der Waals surface area contributed by atoms with Crippen LogP contribution in [-0.4, -0.2) is 17.4 Å². The summed E-state index contributed by atoms with van der Waals surface area (Å²) >= 11 is 11.5. The number of anilines is 1. The molecule has 0 unspecified atom stereocenters. The summed E-state index contributed by atoms with van der Waals surface area (Å²) in [6.07, 6.45) is 1.36. The molecule has 0 heterocycles. The second-order valence-corrected chi connectivity index (χ2v) is 4.84. The molecule has 0 saturated carbocycles. The van der Waals surface area contributed by atoms with Crippen molar-refractivity contribution in [2.75, 3.05) is 5.32 Å². The number of phenolic OH excluding ortho intramolecular Hbond substituents is 1. The van der Waals surface area contributed by atoms with Crippen LogP contribution in [0.25, 0.3) is 0 Å². The number of hydrogen-bond donors (Lipinski definition) is 3. The lowest BCUT2D eigenvalue weighted by Crippen LogP contribution is -2.24. The second-order valence-electron chi connectivity index (χ2n) is 4.02. The fraction of sp³-hybridized carbons (Fsp3) is 0. The number of rotatable bonds is 3. The van der Waals surface area contributed by atoms with Crippen LogP contribution in [0.3, 0.4) is 0 Å². The summed E-state index contributed by atoms with van der Waals surface area (Å²) in [6, 6.07) is 11.4. The summed E-state index contributed by atoms with van der Waals surface area (Å²) in [5.41, 5.74) is 3.50. The van der Waals surface area contributed by atoms with E-state index in [1.165, 1.54) is 18.3 Å². The number of nitrogens with one attached hydrogen (secondary N) is 2. The van der Waals surface area contributed by atoms with Gasteiger partial charge in [-0.15, -0.1) is 0 Å². The third kappa shape index (κ3) is 4.37. The molecule has 7 heteroatoms. The number of carbonyl (C=O) groups is 1. The molecule has 0 atom stereocenters. The lowest BCUT2D eigenvalue weighted by Gasteiger charge is -2.04. The maximum atomic E-state index is 11.6. The highest BCUT2D eigenvalue weighted by Crippen LogP contribution is 2.32. The van der Waals surface area contributed by atoms with E-state index < -0.39 is 6.03 Å². The molecule has 0 aliphatic heterocycles. The van der Waals surface area contributed by atoms with E-state index in [0.717, 1.165) is 0 Å². The molecule has 0 radical (unpaired) electrons. The largest absolute Gasteiger partial charge is 0.505 e. The maximum absolute atomic E-state index is 11.6. The van der Waals surface area contributed by atoms with Crippen molar-refractivity contribution in [1.29, 1.82) is 0 Å². The van der Waals surface area contributed by atoms with Crippen molar-refractivity contribution in [2.24, 2.45) is 5.10 Å². The normalized spacial score (nSPS) is 10.6. The van der Waals surface area contributed by atoms with Gasteiger partial charge in [0.15, 0.2) is 5.75 Å². The molecule has 0 saturated heterocycles. The second kappa shape index (κ2) is 6.97. The van der Waals surface area contributed by atoms with Crippen molar-refractivity contribution in [1.82, 2.24) is 5.43 Å². The Kier molecular flexibility index (Phi) is 5.03.